The summed E-state index contributed by atoms with van der Waals surface area (Å²) in [5, 5.41) is 0. The van der Waals surface area contributed by atoms with Crippen molar-refractivity contribution in [2.75, 3.05) is 7.11 Å². The second kappa shape index (κ2) is 3.73. The fourth-order valence-corrected chi connectivity index (χ4v) is 0.930. The van der Waals surface area contributed by atoms with Crippen molar-refractivity contribution in [2.45, 2.75) is 13.3 Å². The second-order valence-electron chi connectivity index (χ2n) is 2.48. The van der Waals surface area contributed by atoms with Crippen molar-refractivity contribution in [1.29, 1.82) is 0 Å². The van der Waals surface area contributed by atoms with Crippen molar-refractivity contribution in [3.8, 4) is 11.5 Å². The van der Waals surface area contributed by atoms with Gasteiger partial charge in [-0.3, -0.25) is 4.98 Å². The quantitative estimate of drug-likeness (QED) is 0.745. The Bertz CT molecular complexity index is 325. The van der Waals surface area contributed by atoms with Crippen LogP contribution in [0.4, 0.5) is 13.2 Å². The molecule has 0 aliphatic heterocycles. The lowest BCUT2D eigenvalue weighted by Gasteiger charge is -2.13. The van der Waals surface area contributed by atoms with Gasteiger partial charge >= 0.3 is 6.36 Å². The van der Waals surface area contributed by atoms with Gasteiger partial charge in [-0.2, -0.15) is 0 Å². The summed E-state index contributed by atoms with van der Waals surface area (Å²) in [6, 6.07) is 1.30. The van der Waals surface area contributed by atoms with Crippen LogP contribution in [0.5, 0.6) is 11.5 Å². The number of hydrogen-bond acceptors (Lipinski definition) is 3. The molecule has 3 nitrogen and oxygen atoms in total. The van der Waals surface area contributed by atoms with Crippen LogP contribution >= 0.6 is 0 Å². The van der Waals surface area contributed by atoms with E-state index in [4.69, 9.17) is 4.74 Å². The third-order valence-corrected chi connectivity index (χ3v) is 1.48. The number of aromatic nitrogens is 1. The molecule has 0 bridgehead atoms. The van der Waals surface area contributed by atoms with Crippen LogP contribution in [0.3, 0.4) is 0 Å². The summed E-state index contributed by atoms with van der Waals surface area (Å²) in [5.74, 6) is -0.391. The number of hydrogen-bond donors (Lipinski definition) is 0. The molecule has 0 fully saturated rings. The number of alkyl halides is 3. The van der Waals surface area contributed by atoms with Crippen LogP contribution in [-0.2, 0) is 0 Å². The SMILES string of the molecule is COc1ccnc(C)c1OC(F)(F)F. The van der Waals surface area contributed by atoms with Gasteiger partial charge in [0.05, 0.1) is 12.8 Å². The van der Waals surface area contributed by atoms with Gasteiger partial charge in [-0.25, -0.2) is 0 Å². The van der Waals surface area contributed by atoms with E-state index in [2.05, 4.69) is 9.72 Å². The van der Waals surface area contributed by atoms with E-state index in [1.165, 1.54) is 26.3 Å². The Morgan fingerprint density at radius 3 is 2.50 bits per heavy atom. The minimum absolute atomic E-state index is 0.00910. The molecule has 0 aliphatic rings. The van der Waals surface area contributed by atoms with Crippen LogP contribution in [-0.4, -0.2) is 18.5 Å². The summed E-state index contributed by atoms with van der Waals surface area (Å²) in [5.41, 5.74) is 0.127. The largest absolute Gasteiger partial charge is 0.573 e. The summed E-state index contributed by atoms with van der Waals surface area (Å²) in [4.78, 5) is 3.67. The van der Waals surface area contributed by atoms with E-state index in [0.717, 1.165) is 0 Å². The lowest BCUT2D eigenvalue weighted by Crippen LogP contribution is -2.18. The van der Waals surface area contributed by atoms with Crippen LogP contribution in [0.2, 0.25) is 0 Å². The van der Waals surface area contributed by atoms with E-state index in [9.17, 15) is 13.2 Å². The fourth-order valence-electron chi connectivity index (χ4n) is 0.930. The monoisotopic (exact) mass is 207 g/mol. The molecular formula is C8H8F3NO2. The number of ether oxygens (including phenoxy) is 2. The fraction of sp³-hybridized carbons (Fsp3) is 0.375. The second-order valence-corrected chi connectivity index (χ2v) is 2.48. The minimum atomic E-state index is -4.74. The molecule has 0 spiro atoms. The highest BCUT2D eigenvalue weighted by atomic mass is 19.4. The average molecular weight is 207 g/mol. The van der Waals surface area contributed by atoms with Gasteiger partial charge in [0.2, 0.25) is 0 Å². The number of rotatable bonds is 2. The Morgan fingerprint density at radius 2 is 2.00 bits per heavy atom. The Morgan fingerprint density at radius 1 is 1.36 bits per heavy atom. The van der Waals surface area contributed by atoms with Crippen molar-refractivity contribution in [2.24, 2.45) is 0 Å². The number of aryl methyl sites for hydroxylation is 1. The molecule has 0 radical (unpaired) electrons. The van der Waals surface area contributed by atoms with Crippen LogP contribution in [0, 0.1) is 6.92 Å². The summed E-state index contributed by atoms with van der Waals surface area (Å²) < 4.78 is 44.3. The van der Waals surface area contributed by atoms with Gasteiger partial charge in [-0.05, 0) is 6.92 Å². The summed E-state index contributed by atoms with van der Waals surface area (Å²) >= 11 is 0. The van der Waals surface area contributed by atoms with E-state index in [0.29, 0.717) is 0 Å². The molecule has 14 heavy (non-hydrogen) atoms. The first-order valence-electron chi connectivity index (χ1n) is 3.69. The molecule has 1 rings (SSSR count). The van der Waals surface area contributed by atoms with Crippen molar-refractivity contribution >= 4 is 0 Å². The molecule has 0 saturated heterocycles. The first kappa shape index (κ1) is 10.6. The van der Waals surface area contributed by atoms with Gasteiger partial charge in [-0.15, -0.1) is 13.2 Å². The zero-order valence-corrected chi connectivity index (χ0v) is 7.55. The molecule has 6 heteroatoms. The van der Waals surface area contributed by atoms with E-state index >= 15 is 0 Å². The third kappa shape index (κ3) is 2.51. The highest BCUT2D eigenvalue weighted by Gasteiger charge is 2.33. The van der Waals surface area contributed by atoms with Gasteiger partial charge < -0.3 is 9.47 Å². The smallest absolute Gasteiger partial charge is 0.493 e. The number of nitrogens with zero attached hydrogens (tertiary/aromatic N) is 1. The van der Waals surface area contributed by atoms with E-state index in [1.807, 2.05) is 0 Å². The Hall–Kier alpha value is -1.46. The maximum atomic E-state index is 11.9. The molecule has 0 aliphatic carbocycles. The Labute approximate surface area is 78.5 Å². The molecule has 0 atom stereocenters. The van der Waals surface area contributed by atoms with E-state index in [-0.39, 0.29) is 11.4 Å². The molecule has 1 aromatic heterocycles. The summed E-state index contributed by atoms with van der Waals surface area (Å²) in [6.07, 6.45) is -3.39. The molecule has 0 aromatic carbocycles. The molecule has 0 N–H and O–H groups in total. The van der Waals surface area contributed by atoms with Crippen molar-refractivity contribution in [3.63, 3.8) is 0 Å². The van der Waals surface area contributed by atoms with Gasteiger partial charge in [0.1, 0.15) is 0 Å². The Balaban J connectivity index is 3.05. The zero-order valence-electron chi connectivity index (χ0n) is 7.55. The molecule has 78 valence electrons. The predicted octanol–water partition coefficient (Wildman–Crippen LogP) is 2.30. The first-order chi connectivity index (χ1) is 6.44. The van der Waals surface area contributed by atoms with Gasteiger partial charge in [0, 0.05) is 12.3 Å². The first-order valence-corrected chi connectivity index (χ1v) is 3.69. The molecule has 0 amide bonds. The van der Waals surface area contributed by atoms with Crippen LogP contribution in [0.1, 0.15) is 5.69 Å². The maximum absolute atomic E-state index is 11.9. The van der Waals surface area contributed by atoms with Crippen molar-refractivity contribution in [1.82, 2.24) is 4.98 Å². The van der Waals surface area contributed by atoms with Crippen LogP contribution in [0.15, 0.2) is 12.3 Å². The summed E-state index contributed by atoms with van der Waals surface area (Å²) in [7, 11) is 1.26. The average Bonchev–Trinajstić information content (AvgIpc) is 2.06. The third-order valence-electron chi connectivity index (χ3n) is 1.48. The number of pyridine rings is 1. The topological polar surface area (TPSA) is 31.4 Å². The van der Waals surface area contributed by atoms with Crippen molar-refractivity contribution < 1.29 is 22.6 Å². The molecule has 0 saturated carbocycles. The summed E-state index contributed by atoms with van der Waals surface area (Å²) in [6.45, 7) is 1.41. The van der Waals surface area contributed by atoms with E-state index < -0.39 is 12.1 Å². The lowest BCUT2D eigenvalue weighted by molar-refractivity contribution is -0.275. The maximum Gasteiger partial charge on any atom is 0.573 e. The molecule has 1 aromatic rings. The van der Waals surface area contributed by atoms with Crippen molar-refractivity contribution in [3.05, 3.63) is 18.0 Å². The zero-order chi connectivity index (χ0) is 10.8. The Kier molecular flexibility index (Phi) is 2.83. The number of methoxy groups -OCH3 is 1. The molecule has 1 heterocycles. The van der Waals surface area contributed by atoms with Crippen LogP contribution in [0.25, 0.3) is 0 Å². The molecular weight excluding hydrogens is 199 g/mol. The normalized spacial score (nSPS) is 11.2. The highest BCUT2D eigenvalue weighted by molar-refractivity contribution is 5.42. The lowest BCUT2D eigenvalue weighted by atomic mass is 10.3. The van der Waals surface area contributed by atoms with Gasteiger partial charge in [-0.1, -0.05) is 0 Å². The van der Waals surface area contributed by atoms with Gasteiger partial charge in [0.25, 0.3) is 0 Å². The number of halogens is 3. The predicted molar refractivity (Wildman–Crippen MR) is 42.2 cm³/mol. The standard InChI is InChI=1S/C8H8F3NO2/c1-5-7(14-8(9,10)11)6(13-2)3-4-12-5/h3-4H,1-2H3. The van der Waals surface area contributed by atoms with Gasteiger partial charge in [0.15, 0.2) is 11.5 Å². The highest BCUT2D eigenvalue weighted by Crippen LogP contribution is 2.33. The van der Waals surface area contributed by atoms with Crippen LogP contribution < -0.4 is 9.47 Å². The molecule has 0 unspecified atom stereocenters. The minimum Gasteiger partial charge on any atom is -0.493 e. The van der Waals surface area contributed by atoms with E-state index in [1.54, 1.807) is 0 Å².